The first-order valence-electron chi connectivity index (χ1n) is 12.8. The Balaban J connectivity index is 1.40. The predicted octanol–water partition coefficient (Wildman–Crippen LogP) is 8.03. The van der Waals surface area contributed by atoms with Gasteiger partial charge in [-0.15, -0.1) is 0 Å². The number of ether oxygens (including phenoxy) is 1. The first-order chi connectivity index (χ1) is 15.3. The molecular weight excluding hydrogens is 380 g/mol. The third kappa shape index (κ3) is 8.27. The molecule has 0 atom stereocenters. The number of aromatic nitrogens is 2. The number of aryl methyl sites for hydroxylation is 1. The fraction of sp³-hybridized carbons (Fsp3) is 0.643. The molecule has 0 bridgehead atoms. The van der Waals surface area contributed by atoms with Crippen molar-refractivity contribution in [3.8, 4) is 17.1 Å². The summed E-state index contributed by atoms with van der Waals surface area (Å²) in [6, 6.07) is 8.19. The van der Waals surface area contributed by atoms with E-state index in [1.54, 1.807) is 0 Å². The van der Waals surface area contributed by atoms with Gasteiger partial charge in [-0.25, -0.2) is 9.97 Å². The molecule has 0 aliphatic heterocycles. The first-order valence-corrected chi connectivity index (χ1v) is 12.8. The lowest BCUT2D eigenvalue weighted by Crippen LogP contribution is -2.15. The summed E-state index contributed by atoms with van der Waals surface area (Å²) in [5.74, 6) is 3.62. The van der Waals surface area contributed by atoms with Gasteiger partial charge in [-0.1, -0.05) is 78.1 Å². The van der Waals surface area contributed by atoms with E-state index in [1.165, 1.54) is 76.2 Å². The smallest absolute Gasteiger partial charge is 0.159 e. The van der Waals surface area contributed by atoms with Gasteiger partial charge in [-0.05, 0) is 60.9 Å². The molecule has 1 fully saturated rings. The third-order valence-electron chi connectivity index (χ3n) is 6.86. The molecule has 1 aliphatic rings. The summed E-state index contributed by atoms with van der Waals surface area (Å²) < 4.78 is 5.84. The van der Waals surface area contributed by atoms with Crippen LogP contribution in [0.4, 0.5) is 0 Å². The van der Waals surface area contributed by atoms with Crippen LogP contribution in [0.15, 0.2) is 36.7 Å². The van der Waals surface area contributed by atoms with Gasteiger partial charge in [0.15, 0.2) is 5.82 Å². The first kappa shape index (κ1) is 23.8. The number of rotatable bonds is 13. The van der Waals surface area contributed by atoms with Crippen LogP contribution in [0.25, 0.3) is 11.4 Å². The zero-order chi connectivity index (χ0) is 21.7. The summed E-state index contributed by atoms with van der Waals surface area (Å²) in [5.41, 5.74) is 2.32. The van der Waals surface area contributed by atoms with E-state index in [1.807, 2.05) is 24.5 Å². The van der Waals surface area contributed by atoms with E-state index >= 15 is 0 Å². The third-order valence-corrected chi connectivity index (χ3v) is 6.86. The fourth-order valence-electron chi connectivity index (χ4n) is 4.72. The molecule has 3 nitrogen and oxygen atoms in total. The minimum Gasteiger partial charge on any atom is -0.494 e. The molecule has 1 aliphatic carbocycles. The molecule has 1 aromatic heterocycles. The second-order valence-electron chi connectivity index (χ2n) is 9.42. The molecule has 1 heterocycles. The Morgan fingerprint density at radius 3 is 2.06 bits per heavy atom. The van der Waals surface area contributed by atoms with Gasteiger partial charge in [-0.2, -0.15) is 0 Å². The van der Waals surface area contributed by atoms with Crippen LogP contribution in [-0.4, -0.2) is 16.6 Å². The average molecular weight is 423 g/mol. The van der Waals surface area contributed by atoms with Crippen LogP contribution in [0.1, 0.15) is 96.5 Å². The molecule has 1 saturated carbocycles. The van der Waals surface area contributed by atoms with E-state index in [4.69, 9.17) is 4.74 Å². The highest BCUT2D eigenvalue weighted by molar-refractivity contribution is 5.55. The molecule has 0 spiro atoms. The van der Waals surface area contributed by atoms with E-state index in [0.29, 0.717) is 0 Å². The normalized spacial score (nSPS) is 18.8. The lowest BCUT2D eigenvalue weighted by molar-refractivity contribution is 0.250. The predicted molar refractivity (Wildman–Crippen MR) is 130 cm³/mol. The highest BCUT2D eigenvalue weighted by Crippen LogP contribution is 2.34. The number of hydrogen-bond donors (Lipinski definition) is 0. The van der Waals surface area contributed by atoms with Crippen molar-refractivity contribution in [2.45, 2.75) is 97.3 Å². The second kappa shape index (κ2) is 13.5. The van der Waals surface area contributed by atoms with E-state index in [0.717, 1.165) is 48.4 Å². The lowest BCUT2D eigenvalue weighted by atomic mass is 9.78. The summed E-state index contributed by atoms with van der Waals surface area (Å²) >= 11 is 0. The summed E-state index contributed by atoms with van der Waals surface area (Å²) in [7, 11) is 0. The van der Waals surface area contributed by atoms with Crippen LogP contribution in [0.2, 0.25) is 0 Å². The Bertz CT molecular complexity index is 718. The maximum atomic E-state index is 5.84. The molecule has 3 heteroatoms. The Morgan fingerprint density at radius 1 is 0.774 bits per heavy atom. The molecule has 2 aromatic rings. The molecule has 170 valence electrons. The van der Waals surface area contributed by atoms with E-state index < -0.39 is 0 Å². The van der Waals surface area contributed by atoms with Gasteiger partial charge in [0, 0.05) is 18.0 Å². The summed E-state index contributed by atoms with van der Waals surface area (Å²) in [6.07, 6.45) is 21.3. The summed E-state index contributed by atoms with van der Waals surface area (Å²) in [6.45, 7) is 5.33. The monoisotopic (exact) mass is 422 g/mol. The maximum absolute atomic E-state index is 5.84. The maximum Gasteiger partial charge on any atom is 0.159 e. The molecule has 0 amide bonds. The van der Waals surface area contributed by atoms with Crippen molar-refractivity contribution >= 4 is 0 Å². The van der Waals surface area contributed by atoms with Gasteiger partial charge < -0.3 is 4.74 Å². The van der Waals surface area contributed by atoms with Gasteiger partial charge in [0.2, 0.25) is 0 Å². The van der Waals surface area contributed by atoms with E-state index in [2.05, 4.69) is 35.9 Å². The molecule has 31 heavy (non-hydrogen) atoms. The number of hydrogen-bond acceptors (Lipinski definition) is 3. The van der Waals surface area contributed by atoms with Crippen LogP contribution in [-0.2, 0) is 6.42 Å². The molecule has 0 radical (unpaired) electrons. The van der Waals surface area contributed by atoms with Gasteiger partial charge >= 0.3 is 0 Å². The average Bonchev–Trinajstić information content (AvgIpc) is 2.83. The highest BCUT2D eigenvalue weighted by Gasteiger charge is 2.20. The zero-order valence-corrected chi connectivity index (χ0v) is 19.8. The van der Waals surface area contributed by atoms with Crippen LogP contribution in [0, 0.1) is 11.8 Å². The van der Waals surface area contributed by atoms with E-state index in [9.17, 15) is 0 Å². The quantitative estimate of drug-likeness (QED) is 0.306. The fourth-order valence-corrected chi connectivity index (χ4v) is 4.72. The zero-order valence-electron chi connectivity index (χ0n) is 19.8. The van der Waals surface area contributed by atoms with Crippen molar-refractivity contribution in [3.05, 3.63) is 42.2 Å². The van der Waals surface area contributed by atoms with Crippen molar-refractivity contribution in [1.29, 1.82) is 0 Å². The Labute approximate surface area is 190 Å². The number of nitrogens with zero attached hydrogens (tertiary/aromatic N) is 2. The Kier molecular flexibility index (Phi) is 10.3. The molecule has 1 aromatic carbocycles. The highest BCUT2D eigenvalue weighted by atomic mass is 16.5. The minimum absolute atomic E-state index is 0.797. The van der Waals surface area contributed by atoms with Crippen molar-refractivity contribution in [3.63, 3.8) is 0 Å². The molecular formula is C28H42N2O. The molecule has 0 N–H and O–H groups in total. The Morgan fingerprint density at radius 2 is 1.42 bits per heavy atom. The number of benzene rings is 1. The molecule has 0 unspecified atom stereocenters. The number of unbranched alkanes of at least 4 members (excludes halogenated alkanes) is 4. The topological polar surface area (TPSA) is 35.0 Å². The second-order valence-corrected chi connectivity index (χ2v) is 9.42. The SMILES string of the molecule is CCCCCCOc1ccc(-c2ncc(CCC3CCC(CCCC)CC3)cn2)cc1. The molecule has 3 rings (SSSR count). The van der Waals surface area contributed by atoms with E-state index in [-0.39, 0.29) is 0 Å². The van der Waals surface area contributed by atoms with Crippen molar-refractivity contribution in [2.24, 2.45) is 11.8 Å². The molecule has 0 saturated heterocycles. The standard InChI is InChI=1S/C28H42N2O/c1-3-5-7-8-20-31-27-18-16-26(17-19-27)28-29-21-25(22-30-28)15-14-24-12-10-23(11-13-24)9-6-4-2/h16-19,21-24H,3-15,20H2,1-2H3. The largest absolute Gasteiger partial charge is 0.494 e. The lowest BCUT2D eigenvalue weighted by Gasteiger charge is -2.28. The van der Waals surface area contributed by atoms with Gasteiger partial charge in [0.05, 0.1) is 6.61 Å². The van der Waals surface area contributed by atoms with Crippen LogP contribution in [0.3, 0.4) is 0 Å². The van der Waals surface area contributed by atoms with Crippen molar-refractivity contribution < 1.29 is 4.74 Å². The van der Waals surface area contributed by atoms with Crippen molar-refractivity contribution in [2.75, 3.05) is 6.61 Å². The van der Waals surface area contributed by atoms with Gasteiger partial charge in [-0.3, -0.25) is 0 Å². The van der Waals surface area contributed by atoms with Crippen molar-refractivity contribution in [1.82, 2.24) is 9.97 Å². The van der Waals surface area contributed by atoms with Crippen LogP contribution >= 0.6 is 0 Å². The van der Waals surface area contributed by atoms with Crippen LogP contribution < -0.4 is 4.74 Å². The Hall–Kier alpha value is -1.90. The summed E-state index contributed by atoms with van der Waals surface area (Å²) in [5, 5.41) is 0. The van der Waals surface area contributed by atoms with Crippen LogP contribution in [0.5, 0.6) is 5.75 Å². The van der Waals surface area contributed by atoms with Gasteiger partial charge in [0.1, 0.15) is 5.75 Å². The minimum atomic E-state index is 0.797. The van der Waals surface area contributed by atoms with Gasteiger partial charge in [0.25, 0.3) is 0 Å². The summed E-state index contributed by atoms with van der Waals surface area (Å²) in [4.78, 5) is 9.26.